The van der Waals surface area contributed by atoms with Crippen LogP contribution in [0.1, 0.15) is 18.2 Å². The summed E-state index contributed by atoms with van der Waals surface area (Å²) >= 11 is 3.44. The summed E-state index contributed by atoms with van der Waals surface area (Å²) in [5.74, 6) is 0.799. The number of fused-ring (bicyclic) bond motifs is 1. The van der Waals surface area contributed by atoms with Crippen LogP contribution in [0.4, 0.5) is 5.95 Å². The number of allylic oxidation sites excluding steroid dienone is 3. The topological polar surface area (TPSA) is 61.0 Å². The molecule has 2 N–H and O–H groups in total. The maximum absolute atomic E-state index is 5.64. The van der Waals surface area contributed by atoms with E-state index in [0.717, 1.165) is 22.2 Å². The highest BCUT2D eigenvalue weighted by atomic mass is 79.9. The molecule has 0 saturated carbocycles. The van der Waals surface area contributed by atoms with Gasteiger partial charge in [-0.1, -0.05) is 28.1 Å². The second-order valence-electron chi connectivity index (χ2n) is 3.32. The molecule has 0 radical (unpaired) electrons. The number of nitrogens with zero attached hydrogens (tertiary/aromatic N) is 2. The van der Waals surface area contributed by atoms with E-state index in [0.29, 0.717) is 12.5 Å². The highest BCUT2D eigenvalue weighted by Gasteiger charge is 2.13. The molecule has 1 aromatic rings. The van der Waals surface area contributed by atoms with Crippen LogP contribution in [0.15, 0.2) is 16.6 Å². The number of halogens is 1. The monoisotopic (exact) mass is 281 g/mol. The average molecular weight is 282 g/mol. The Balaban J connectivity index is 2.56. The number of ether oxygens (including phenoxy) is 1. The van der Waals surface area contributed by atoms with Crippen molar-refractivity contribution in [1.29, 1.82) is 0 Å². The van der Waals surface area contributed by atoms with E-state index in [4.69, 9.17) is 10.5 Å². The van der Waals surface area contributed by atoms with Crippen LogP contribution in [-0.4, -0.2) is 16.6 Å². The van der Waals surface area contributed by atoms with Crippen molar-refractivity contribution < 1.29 is 4.74 Å². The Hall–Kier alpha value is -1.36. The Morgan fingerprint density at radius 2 is 2.31 bits per heavy atom. The van der Waals surface area contributed by atoms with Crippen LogP contribution in [-0.2, 0) is 6.42 Å². The summed E-state index contributed by atoms with van der Waals surface area (Å²) in [5.41, 5.74) is 7.43. The van der Waals surface area contributed by atoms with Crippen LogP contribution in [0, 0.1) is 0 Å². The average Bonchev–Trinajstić information content (AvgIpc) is 2.40. The maximum Gasteiger partial charge on any atom is 0.225 e. The van der Waals surface area contributed by atoms with Crippen LogP contribution in [0.25, 0.3) is 6.08 Å². The maximum atomic E-state index is 5.64. The first-order valence-electron chi connectivity index (χ1n) is 5.03. The molecule has 0 amide bonds. The zero-order valence-electron chi connectivity index (χ0n) is 8.90. The Bertz CT molecular complexity index is 469. The van der Waals surface area contributed by atoms with Crippen molar-refractivity contribution in [1.82, 2.24) is 9.97 Å². The highest BCUT2D eigenvalue weighted by Crippen LogP contribution is 2.27. The predicted octanol–water partition coefficient (Wildman–Crippen LogP) is 2.31. The molecular weight excluding hydrogens is 270 g/mol. The molecule has 84 valence electrons. The minimum Gasteiger partial charge on any atom is -0.477 e. The third-order valence-electron chi connectivity index (χ3n) is 2.16. The predicted molar refractivity (Wildman–Crippen MR) is 67.4 cm³/mol. The fourth-order valence-electron chi connectivity index (χ4n) is 1.53. The summed E-state index contributed by atoms with van der Waals surface area (Å²) in [6.07, 6.45) is 6.68. The zero-order chi connectivity index (χ0) is 11.5. The number of hydrogen-bond acceptors (Lipinski definition) is 4. The molecule has 16 heavy (non-hydrogen) atoms. The van der Waals surface area contributed by atoms with Gasteiger partial charge in [0.05, 0.1) is 17.9 Å². The molecule has 0 unspecified atom stereocenters. The Morgan fingerprint density at radius 3 is 3.06 bits per heavy atom. The van der Waals surface area contributed by atoms with Gasteiger partial charge in [0.15, 0.2) is 0 Å². The smallest absolute Gasteiger partial charge is 0.225 e. The Morgan fingerprint density at radius 1 is 1.50 bits per heavy atom. The van der Waals surface area contributed by atoms with Gasteiger partial charge in [0.1, 0.15) is 0 Å². The van der Waals surface area contributed by atoms with Gasteiger partial charge in [-0.25, -0.2) is 4.98 Å². The van der Waals surface area contributed by atoms with Gasteiger partial charge >= 0.3 is 0 Å². The molecule has 0 spiro atoms. The van der Waals surface area contributed by atoms with E-state index >= 15 is 0 Å². The Labute approximate surface area is 102 Å². The number of rotatable bonds is 2. The van der Waals surface area contributed by atoms with Crippen molar-refractivity contribution in [3.05, 3.63) is 27.9 Å². The van der Waals surface area contributed by atoms with Gasteiger partial charge in [-0.3, -0.25) is 0 Å². The summed E-state index contributed by atoms with van der Waals surface area (Å²) in [7, 11) is 0. The van der Waals surface area contributed by atoms with Crippen molar-refractivity contribution in [2.75, 3.05) is 12.3 Å². The lowest BCUT2D eigenvalue weighted by Gasteiger charge is -2.09. The first-order valence-corrected chi connectivity index (χ1v) is 5.83. The van der Waals surface area contributed by atoms with Crippen LogP contribution < -0.4 is 10.5 Å². The second kappa shape index (κ2) is 4.65. The fourth-order valence-corrected chi connectivity index (χ4v) is 1.94. The number of hydrogen-bond donors (Lipinski definition) is 1. The molecule has 0 aromatic carbocycles. The van der Waals surface area contributed by atoms with Crippen molar-refractivity contribution in [2.45, 2.75) is 13.3 Å². The highest BCUT2D eigenvalue weighted by molar-refractivity contribution is 9.12. The second-order valence-corrected chi connectivity index (χ2v) is 4.23. The first-order chi connectivity index (χ1) is 7.70. The number of nitrogens with two attached hydrogens (primary N) is 1. The van der Waals surface area contributed by atoms with Gasteiger partial charge in [-0.2, -0.15) is 4.98 Å². The molecule has 4 nitrogen and oxygen atoms in total. The summed E-state index contributed by atoms with van der Waals surface area (Å²) in [4.78, 5) is 8.32. The molecular formula is C11H12BrN3O. The van der Waals surface area contributed by atoms with E-state index < -0.39 is 0 Å². The zero-order valence-corrected chi connectivity index (χ0v) is 10.5. The van der Waals surface area contributed by atoms with Crippen LogP contribution >= 0.6 is 15.9 Å². The molecule has 0 atom stereocenters. The standard InChI is InChI=1S/C11H12BrN3O/c1-2-16-10-8-6-7(12)4-3-5-9(8)14-11(13)15-10/h3-4,6H,2,5H2,1H3,(H2,13,14,15). The van der Waals surface area contributed by atoms with E-state index in [1.165, 1.54) is 0 Å². The Kier molecular flexibility index (Phi) is 3.24. The van der Waals surface area contributed by atoms with E-state index in [9.17, 15) is 0 Å². The van der Waals surface area contributed by atoms with E-state index in [1.807, 2.05) is 25.2 Å². The minimum absolute atomic E-state index is 0.252. The van der Waals surface area contributed by atoms with Crippen LogP contribution in [0.5, 0.6) is 5.88 Å². The molecule has 0 saturated heterocycles. The molecule has 1 aliphatic carbocycles. The summed E-state index contributed by atoms with van der Waals surface area (Å²) in [6.45, 7) is 2.47. The third kappa shape index (κ3) is 2.24. The molecule has 5 heteroatoms. The van der Waals surface area contributed by atoms with Crippen molar-refractivity contribution in [2.24, 2.45) is 0 Å². The molecule has 0 fully saturated rings. The van der Waals surface area contributed by atoms with Crippen molar-refractivity contribution in [3.63, 3.8) is 0 Å². The van der Waals surface area contributed by atoms with Gasteiger partial charge in [-0.05, 0) is 13.0 Å². The fraction of sp³-hybridized carbons (Fsp3) is 0.273. The molecule has 0 aliphatic heterocycles. The number of anilines is 1. The lowest BCUT2D eigenvalue weighted by atomic mass is 10.2. The third-order valence-corrected chi connectivity index (χ3v) is 2.65. The van der Waals surface area contributed by atoms with Gasteiger partial charge in [0.25, 0.3) is 0 Å². The largest absolute Gasteiger partial charge is 0.477 e. The van der Waals surface area contributed by atoms with Crippen molar-refractivity contribution >= 4 is 28.0 Å². The van der Waals surface area contributed by atoms with Gasteiger partial charge in [0.2, 0.25) is 11.8 Å². The van der Waals surface area contributed by atoms with Gasteiger partial charge in [-0.15, -0.1) is 0 Å². The summed E-state index contributed by atoms with van der Waals surface area (Å²) in [6, 6.07) is 0. The van der Waals surface area contributed by atoms with Gasteiger partial charge < -0.3 is 10.5 Å². The lowest BCUT2D eigenvalue weighted by Crippen LogP contribution is -2.06. The first kappa shape index (κ1) is 11.1. The SMILES string of the molecule is CCOc1nc(N)nc2c1C=C(Br)C=CC2. The summed E-state index contributed by atoms with van der Waals surface area (Å²) < 4.78 is 6.44. The van der Waals surface area contributed by atoms with E-state index in [2.05, 4.69) is 25.9 Å². The van der Waals surface area contributed by atoms with E-state index in [-0.39, 0.29) is 5.95 Å². The molecule has 0 bridgehead atoms. The van der Waals surface area contributed by atoms with Crippen LogP contribution in [0.2, 0.25) is 0 Å². The van der Waals surface area contributed by atoms with E-state index in [1.54, 1.807) is 0 Å². The van der Waals surface area contributed by atoms with Crippen molar-refractivity contribution in [3.8, 4) is 5.88 Å². The normalized spacial score (nSPS) is 14.0. The van der Waals surface area contributed by atoms with Gasteiger partial charge in [0, 0.05) is 10.9 Å². The molecule has 1 aromatic heterocycles. The molecule has 2 rings (SSSR count). The quantitative estimate of drug-likeness (QED) is 0.904. The lowest BCUT2D eigenvalue weighted by molar-refractivity contribution is 0.325. The molecule has 1 aliphatic rings. The summed E-state index contributed by atoms with van der Waals surface area (Å²) in [5, 5.41) is 0. The molecule has 1 heterocycles. The number of aromatic nitrogens is 2. The van der Waals surface area contributed by atoms with Crippen LogP contribution in [0.3, 0.4) is 0 Å². The number of nitrogen functional groups attached to an aromatic ring is 1. The minimum atomic E-state index is 0.252.